The average molecular weight is 266 g/mol. The topological polar surface area (TPSA) is 70.4 Å². The molecule has 0 aliphatic carbocycles. The molecule has 1 aromatic rings. The summed E-state index contributed by atoms with van der Waals surface area (Å²) in [7, 11) is 2.05. The van der Waals surface area contributed by atoms with Gasteiger partial charge in [0.2, 0.25) is 5.91 Å². The molecule has 2 heterocycles. The van der Waals surface area contributed by atoms with Gasteiger partial charge in [0.1, 0.15) is 5.76 Å². The number of anilines is 1. The molecule has 0 radical (unpaired) electrons. The van der Waals surface area contributed by atoms with Crippen LogP contribution in [-0.4, -0.2) is 48.7 Å². The minimum Gasteiger partial charge on any atom is -0.360 e. The van der Waals surface area contributed by atoms with Crippen molar-refractivity contribution in [3.05, 3.63) is 11.8 Å². The first-order chi connectivity index (χ1) is 9.13. The number of aromatic nitrogens is 1. The standard InChI is InChI=1S/C13H22N4O2/c1-10-8-12(16-19-10)15-13(18)5-7-17(2)9-11-4-3-6-14-11/h8,11,14H,3-7,9H2,1-2H3,(H,15,16,18). The molecule has 0 aromatic carbocycles. The van der Waals surface area contributed by atoms with Crippen LogP contribution in [0.25, 0.3) is 0 Å². The highest BCUT2D eigenvalue weighted by Gasteiger charge is 2.16. The third-order valence-corrected chi connectivity index (χ3v) is 3.31. The molecule has 2 rings (SSSR count). The van der Waals surface area contributed by atoms with Gasteiger partial charge in [0, 0.05) is 31.6 Å². The Balaban J connectivity index is 1.65. The number of likely N-dealkylation sites (N-methyl/N-ethyl adjacent to an activating group) is 1. The van der Waals surface area contributed by atoms with E-state index in [0.29, 0.717) is 24.0 Å². The second-order valence-corrected chi connectivity index (χ2v) is 5.18. The van der Waals surface area contributed by atoms with E-state index >= 15 is 0 Å². The Morgan fingerprint density at radius 2 is 2.53 bits per heavy atom. The Morgan fingerprint density at radius 3 is 3.16 bits per heavy atom. The number of hydrogen-bond donors (Lipinski definition) is 2. The van der Waals surface area contributed by atoms with Crippen LogP contribution in [0.4, 0.5) is 5.82 Å². The fourth-order valence-electron chi connectivity index (χ4n) is 2.30. The lowest BCUT2D eigenvalue weighted by Gasteiger charge is -2.20. The van der Waals surface area contributed by atoms with Crippen molar-refractivity contribution < 1.29 is 9.32 Å². The summed E-state index contributed by atoms with van der Waals surface area (Å²) in [4.78, 5) is 13.9. The van der Waals surface area contributed by atoms with Gasteiger partial charge in [-0.05, 0) is 33.4 Å². The highest BCUT2D eigenvalue weighted by atomic mass is 16.5. The van der Waals surface area contributed by atoms with E-state index in [-0.39, 0.29) is 5.91 Å². The van der Waals surface area contributed by atoms with Crippen molar-refractivity contribution in [1.29, 1.82) is 0 Å². The van der Waals surface area contributed by atoms with Crippen molar-refractivity contribution in [3.63, 3.8) is 0 Å². The monoisotopic (exact) mass is 266 g/mol. The smallest absolute Gasteiger partial charge is 0.226 e. The lowest BCUT2D eigenvalue weighted by Crippen LogP contribution is -2.36. The maximum absolute atomic E-state index is 11.7. The van der Waals surface area contributed by atoms with Gasteiger partial charge >= 0.3 is 0 Å². The quantitative estimate of drug-likeness (QED) is 0.803. The third-order valence-electron chi connectivity index (χ3n) is 3.31. The van der Waals surface area contributed by atoms with Gasteiger partial charge < -0.3 is 20.1 Å². The van der Waals surface area contributed by atoms with Crippen molar-refractivity contribution in [2.75, 3.05) is 32.0 Å². The summed E-state index contributed by atoms with van der Waals surface area (Å²) in [6, 6.07) is 2.29. The summed E-state index contributed by atoms with van der Waals surface area (Å²) in [6.07, 6.45) is 2.95. The highest BCUT2D eigenvalue weighted by molar-refractivity contribution is 5.89. The number of nitrogens with zero attached hydrogens (tertiary/aromatic N) is 2. The molecule has 0 spiro atoms. The number of aryl methyl sites for hydroxylation is 1. The van der Waals surface area contributed by atoms with Gasteiger partial charge in [-0.1, -0.05) is 5.16 Å². The summed E-state index contributed by atoms with van der Waals surface area (Å²) in [5, 5.41) is 9.91. The van der Waals surface area contributed by atoms with Gasteiger partial charge in [0.05, 0.1) is 0 Å². The molecule has 6 nitrogen and oxygen atoms in total. The molecule has 106 valence electrons. The Bertz CT molecular complexity index is 413. The van der Waals surface area contributed by atoms with E-state index in [0.717, 1.165) is 19.6 Å². The fraction of sp³-hybridized carbons (Fsp3) is 0.692. The number of nitrogens with one attached hydrogen (secondary N) is 2. The zero-order chi connectivity index (χ0) is 13.7. The van der Waals surface area contributed by atoms with E-state index in [1.54, 1.807) is 13.0 Å². The molecular weight excluding hydrogens is 244 g/mol. The SMILES string of the molecule is Cc1cc(NC(=O)CCN(C)CC2CCCN2)no1. The molecule has 1 aromatic heterocycles. The number of carbonyl (C=O) groups is 1. The molecule has 1 aliphatic heterocycles. The van der Waals surface area contributed by atoms with Crippen LogP contribution in [0.15, 0.2) is 10.6 Å². The number of carbonyl (C=O) groups excluding carboxylic acids is 1. The second-order valence-electron chi connectivity index (χ2n) is 5.18. The van der Waals surface area contributed by atoms with Gasteiger partial charge in [-0.25, -0.2) is 0 Å². The van der Waals surface area contributed by atoms with Crippen molar-refractivity contribution in [3.8, 4) is 0 Å². The summed E-state index contributed by atoms with van der Waals surface area (Å²) < 4.78 is 4.90. The zero-order valence-electron chi connectivity index (χ0n) is 11.6. The van der Waals surface area contributed by atoms with Gasteiger partial charge in [-0.3, -0.25) is 4.79 Å². The van der Waals surface area contributed by atoms with E-state index in [1.807, 2.05) is 7.05 Å². The number of amides is 1. The van der Waals surface area contributed by atoms with Crippen LogP contribution in [0, 0.1) is 6.92 Å². The molecule has 19 heavy (non-hydrogen) atoms. The molecule has 1 amide bonds. The van der Waals surface area contributed by atoms with Crippen molar-refractivity contribution >= 4 is 11.7 Å². The van der Waals surface area contributed by atoms with Crippen molar-refractivity contribution in [1.82, 2.24) is 15.4 Å². The van der Waals surface area contributed by atoms with E-state index in [2.05, 4.69) is 20.7 Å². The van der Waals surface area contributed by atoms with Crippen LogP contribution >= 0.6 is 0 Å². The number of rotatable bonds is 6. The second kappa shape index (κ2) is 6.68. The summed E-state index contributed by atoms with van der Waals surface area (Å²) >= 11 is 0. The van der Waals surface area contributed by atoms with Crippen LogP contribution in [0.2, 0.25) is 0 Å². The minimum atomic E-state index is -0.0282. The van der Waals surface area contributed by atoms with Crippen LogP contribution in [0.3, 0.4) is 0 Å². The van der Waals surface area contributed by atoms with Crippen LogP contribution in [0.1, 0.15) is 25.0 Å². The fourth-order valence-corrected chi connectivity index (χ4v) is 2.30. The van der Waals surface area contributed by atoms with Crippen LogP contribution in [-0.2, 0) is 4.79 Å². The first-order valence-electron chi connectivity index (χ1n) is 6.78. The average Bonchev–Trinajstić information content (AvgIpc) is 2.99. The van der Waals surface area contributed by atoms with Crippen molar-refractivity contribution in [2.45, 2.75) is 32.2 Å². The normalized spacial score (nSPS) is 19.0. The molecule has 0 bridgehead atoms. The molecule has 2 N–H and O–H groups in total. The molecule has 1 unspecified atom stereocenters. The lowest BCUT2D eigenvalue weighted by atomic mass is 10.2. The largest absolute Gasteiger partial charge is 0.360 e. The Labute approximate surface area is 113 Å². The summed E-state index contributed by atoms with van der Waals surface area (Å²) in [5.74, 6) is 1.15. The molecule has 1 aliphatic rings. The Morgan fingerprint density at radius 1 is 1.68 bits per heavy atom. The van der Waals surface area contributed by atoms with Crippen LogP contribution < -0.4 is 10.6 Å². The zero-order valence-corrected chi connectivity index (χ0v) is 11.6. The minimum absolute atomic E-state index is 0.0282. The maximum atomic E-state index is 11.7. The summed E-state index contributed by atoms with van der Waals surface area (Å²) in [5.41, 5.74) is 0. The van der Waals surface area contributed by atoms with Gasteiger partial charge in [-0.15, -0.1) is 0 Å². The first kappa shape index (κ1) is 14.0. The van der Waals surface area contributed by atoms with Gasteiger partial charge in [-0.2, -0.15) is 0 Å². The Hall–Kier alpha value is -1.40. The Kier molecular flexibility index (Phi) is 4.93. The van der Waals surface area contributed by atoms with Crippen LogP contribution in [0.5, 0.6) is 0 Å². The molecule has 1 saturated heterocycles. The predicted octanol–water partition coefficient (Wildman–Crippen LogP) is 0.995. The molecule has 6 heteroatoms. The van der Waals surface area contributed by atoms with Gasteiger partial charge in [0.15, 0.2) is 5.82 Å². The molecular formula is C13H22N4O2. The molecule has 1 atom stereocenters. The van der Waals surface area contributed by atoms with E-state index in [4.69, 9.17) is 4.52 Å². The van der Waals surface area contributed by atoms with E-state index < -0.39 is 0 Å². The third kappa shape index (κ3) is 4.65. The predicted molar refractivity (Wildman–Crippen MR) is 73.0 cm³/mol. The maximum Gasteiger partial charge on any atom is 0.226 e. The summed E-state index contributed by atoms with van der Waals surface area (Å²) in [6.45, 7) is 4.66. The van der Waals surface area contributed by atoms with Gasteiger partial charge in [0.25, 0.3) is 0 Å². The van der Waals surface area contributed by atoms with E-state index in [1.165, 1.54) is 12.8 Å². The van der Waals surface area contributed by atoms with Crippen molar-refractivity contribution in [2.24, 2.45) is 0 Å². The molecule has 0 saturated carbocycles. The highest BCUT2D eigenvalue weighted by Crippen LogP contribution is 2.08. The first-order valence-corrected chi connectivity index (χ1v) is 6.78. The molecule has 1 fully saturated rings. The number of hydrogen-bond acceptors (Lipinski definition) is 5. The lowest BCUT2D eigenvalue weighted by molar-refractivity contribution is -0.116. The van der Waals surface area contributed by atoms with E-state index in [9.17, 15) is 4.79 Å².